The van der Waals surface area contributed by atoms with Gasteiger partial charge >= 0.3 is 0 Å². The Morgan fingerprint density at radius 1 is 1.03 bits per heavy atom. The van der Waals surface area contributed by atoms with E-state index in [2.05, 4.69) is 36.3 Å². The highest BCUT2D eigenvalue weighted by Gasteiger charge is 2.23. The summed E-state index contributed by atoms with van der Waals surface area (Å²) in [4.78, 5) is 4.28. The molecule has 0 radical (unpaired) electrons. The van der Waals surface area contributed by atoms with Gasteiger partial charge in [-0.3, -0.25) is 15.8 Å². The van der Waals surface area contributed by atoms with Crippen molar-refractivity contribution in [2.75, 3.05) is 18.1 Å². The lowest BCUT2D eigenvalue weighted by Gasteiger charge is -2.20. The molecule has 0 saturated carbocycles. The maximum atomic E-state index is 14.0. The first-order valence-corrected chi connectivity index (χ1v) is 15.6. The maximum Gasteiger partial charge on any atom is 0.186 e. The second-order valence-corrected chi connectivity index (χ2v) is 13.3. The van der Waals surface area contributed by atoms with Crippen molar-refractivity contribution in [3.8, 4) is 0 Å². The van der Waals surface area contributed by atoms with E-state index < -0.39 is 13.1 Å². The number of nitrogens with one attached hydrogen (secondary N) is 2. The second-order valence-electron chi connectivity index (χ2n) is 8.33. The Labute approximate surface area is 232 Å². The van der Waals surface area contributed by atoms with E-state index >= 15 is 0 Å². The minimum Gasteiger partial charge on any atom is -0.307 e. The summed E-state index contributed by atoms with van der Waals surface area (Å²) in [5.74, 6) is 0.0247. The largest absolute Gasteiger partial charge is 0.307 e. The van der Waals surface area contributed by atoms with Gasteiger partial charge in [-0.15, -0.1) is 0 Å². The molecule has 0 aliphatic carbocycles. The van der Waals surface area contributed by atoms with Gasteiger partial charge in [-0.05, 0) is 62.0 Å². The highest BCUT2D eigenvalue weighted by Crippen LogP contribution is 2.43. The van der Waals surface area contributed by atoms with Crippen molar-refractivity contribution in [2.45, 2.75) is 18.0 Å². The van der Waals surface area contributed by atoms with E-state index in [9.17, 15) is 14.2 Å². The van der Waals surface area contributed by atoms with Crippen LogP contribution in [-0.2, 0) is 17.5 Å². The van der Waals surface area contributed by atoms with Crippen LogP contribution in [0.5, 0.6) is 0 Å². The van der Waals surface area contributed by atoms with Gasteiger partial charge in [0.15, 0.2) is 16.6 Å². The van der Waals surface area contributed by atoms with Crippen molar-refractivity contribution in [2.24, 2.45) is 4.99 Å². The van der Waals surface area contributed by atoms with Gasteiger partial charge in [-0.25, -0.2) is 14.0 Å². The zero-order valence-corrected chi connectivity index (χ0v) is 23.6. The molecular formula is C26H26BrFN5O3PS. The SMILES string of the molecule is O=P(CCSc1nonc1C(=Nc1ccc(F)c(Br)c1)NO)(CCc1ccccc1)NCc1ccccc1. The molecule has 1 atom stereocenters. The highest BCUT2D eigenvalue weighted by molar-refractivity contribution is 9.10. The van der Waals surface area contributed by atoms with Crippen LogP contribution in [0.2, 0.25) is 0 Å². The number of hydroxylamine groups is 1. The summed E-state index contributed by atoms with van der Waals surface area (Å²) < 4.78 is 32.7. The fourth-order valence-corrected chi connectivity index (χ4v) is 7.67. The summed E-state index contributed by atoms with van der Waals surface area (Å²) in [6, 6.07) is 24.0. The average Bonchev–Trinajstić information content (AvgIpc) is 3.41. The normalized spacial score (nSPS) is 13.3. The molecule has 1 unspecified atom stereocenters. The minimum atomic E-state index is -2.76. The van der Waals surface area contributed by atoms with Crippen molar-refractivity contribution >= 4 is 46.5 Å². The molecular weight excluding hydrogens is 592 g/mol. The fourth-order valence-electron chi connectivity index (χ4n) is 3.58. The molecule has 0 aliphatic heterocycles. The number of aryl methyl sites for hydroxylation is 1. The first kappa shape index (κ1) is 28.2. The number of halogens is 2. The van der Waals surface area contributed by atoms with Crippen LogP contribution in [-0.4, -0.2) is 39.4 Å². The number of rotatable bonds is 12. The van der Waals surface area contributed by atoms with Crippen LogP contribution in [0.25, 0.3) is 0 Å². The van der Waals surface area contributed by atoms with E-state index in [0.29, 0.717) is 41.8 Å². The summed E-state index contributed by atoms with van der Waals surface area (Å²) in [5, 5.41) is 21.2. The van der Waals surface area contributed by atoms with Crippen molar-refractivity contribution < 1.29 is 18.8 Å². The Balaban J connectivity index is 1.44. The Kier molecular flexibility index (Phi) is 10.3. The zero-order valence-electron chi connectivity index (χ0n) is 20.3. The smallest absolute Gasteiger partial charge is 0.186 e. The maximum absolute atomic E-state index is 14.0. The number of hydrogen-bond acceptors (Lipinski definition) is 7. The molecule has 0 bridgehead atoms. The van der Waals surface area contributed by atoms with Crippen LogP contribution in [0.15, 0.2) is 98.0 Å². The highest BCUT2D eigenvalue weighted by atomic mass is 79.9. The molecule has 0 aliphatic rings. The fraction of sp³-hybridized carbons (Fsp3) is 0.192. The standard InChI is InChI=1S/C26H26BrFN5O3PS/c27-22-17-21(11-12-23(22)28)30-25(31-34)24-26(33-36-32-24)38-16-15-37(35,14-13-19-7-3-1-4-8-19)29-18-20-9-5-2-6-10-20/h1-12,17,34H,13-16,18H2,(H,29,35)(H,30,31). The molecule has 3 N–H and O–H groups in total. The van der Waals surface area contributed by atoms with Crippen LogP contribution in [0.3, 0.4) is 0 Å². The molecule has 0 saturated heterocycles. The number of aromatic nitrogens is 2. The van der Waals surface area contributed by atoms with Crippen molar-refractivity contribution in [3.63, 3.8) is 0 Å². The lowest BCUT2D eigenvalue weighted by Crippen LogP contribution is -2.21. The summed E-state index contributed by atoms with van der Waals surface area (Å²) in [6.07, 6.45) is 1.62. The molecule has 12 heteroatoms. The quantitative estimate of drug-likeness (QED) is 0.0548. The predicted molar refractivity (Wildman–Crippen MR) is 151 cm³/mol. The number of thioether (sulfide) groups is 1. The van der Waals surface area contributed by atoms with Gasteiger partial charge < -0.3 is 4.57 Å². The number of hydrogen-bond donors (Lipinski definition) is 3. The molecule has 0 spiro atoms. The molecule has 38 heavy (non-hydrogen) atoms. The number of nitrogens with zero attached hydrogens (tertiary/aromatic N) is 3. The van der Waals surface area contributed by atoms with E-state index in [4.69, 9.17) is 4.63 Å². The van der Waals surface area contributed by atoms with Gasteiger partial charge in [0, 0.05) is 24.6 Å². The van der Waals surface area contributed by atoms with Gasteiger partial charge in [0.1, 0.15) is 13.1 Å². The van der Waals surface area contributed by atoms with Gasteiger partial charge in [-0.1, -0.05) is 72.4 Å². The number of benzene rings is 3. The molecule has 0 fully saturated rings. The molecule has 0 amide bonds. The first-order chi connectivity index (χ1) is 18.5. The molecule has 3 aromatic carbocycles. The van der Waals surface area contributed by atoms with Crippen LogP contribution in [0.1, 0.15) is 16.8 Å². The predicted octanol–water partition coefficient (Wildman–Crippen LogP) is 6.43. The number of aliphatic imine (C=N–C) groups is 1. The van der Waals surface area contributed by atoms with Crippen LogP contribution < -0.4 is 10.6 Å². The van der Waals surface area contributed by atoms with Crippen molar-refractivity contribution in [3.05, 3.63) is 106 Å². The first-order valence-electron chi connectivity index (χ1n) is 11.8. The third kappa shape index (κ3) is 8.09. The molecule has 4 aromatic rings. The van der Waals surface area contributed by atoms with Crippen molar-refractivity contribution in [1.82, 2.24) is 20.9 Å². The van der Waals surface area contributed by atoms with Gasteiger partial charge in [0.05, 0.1) is 10.2 Å². The van der Waals surface area contributed by atoms with Gasteiger partial charge in [0.2, 0.25) is 0 Å². The van der Waals surface area contributed by atoms with E-state index in [1.54, 1.807) is 0 Å². The average molecular weight is 618 g/mol. The summed E-state index contributed by atoms with van der Waals surface area (Å²) in [5.41, 5.74) is 4.77. The van der Waals surface area contributed by atoms with E-state index in [-0.39, 0.29) is 16.0 Å². The zero-order chi connectivity index (χ0) is 26.8. The monoisotopic (exact) mass is 617 g/mol. The van der Waals surface area contributed by atoms with E-state index in [0.717, 1.165) is 11.1 Å². The van der Waals surface area contributed by atoms with Crippen molar-refractivity contribution in [1.29, 1.82) is 0 Å². The molecule has 4 rings (SSSR count). The molecule has 8 nitrogen and oxygen atoms in total. The third-order valence-electron chi connectivity index (χ3n) is 5.64. The van der Waals surface area contributed by atoms with Gasteiger partial charge in [-0.2, -0.15) is 0 Å². The Hall–Kier alpha value is -2.82. The molecule has 1 heterocycles. The lowest BCUT2D eigenvalue weighted by molar-refractivity contribution is 0.234. The van der Waals surface area contributed by atoms with Crippen LogP contribution in [0.4, 0.5) is 10.1 Å². The molecule has 198 valence electrons. The third-order valence-corrected chi connectivity index (χ3v) is 10.1. The van der Waals surface area contributed by atoms with E-state index in [1.807, 2.05) is 66.1 Å². The second kappa shape index (κ2) is 13.8. The summed E-state index contributed by atoms with van der Waals surface area (Å²) >= 11 is 4.42. The minimum absolute atomic E-state index is 0.0123. The topological polar surface area (TPSA) is 113 Å². The Morgan fingerprint density at radius 2 is 1.74 bits per heavy atom. The van der Waals surface area contributed by atoms with E-state index in [1.165, 1.54) is 30.0 Å². The summed E-state index contributed by atoms with van der Waals surface area (Å²) in [6.45, 7) is 0.507. The lowest BCUT2D eigenvalue weighted by atomic mass is 10.2. The Bertz CT molecular complexity index is 1360. The Morgan fingerprint density at radius 3 is 2.42 bits per heavy atom. The summed E-state index contributed by atoms with van der Waals surface area (Å²) in [7, 11) is -2.76. The van der Waals surface area contributed by atoms with Crippen LogP contribution >= 0.6 is 35.0 Å². The van der Waals surface area contributed by atoms with Crippen LogP contribution in [0, 0.1) is 5.82 Å². The van der Waals surface area contributed by atoms with Gasteiger partial charge in [0.25, 0.3) is 0 Å². The number of amidine groups is 1. The molecule has 1 aromatic heterocycles.